The number of aryl methyl sites for hydroxylation is 2. The molecule has 4 nitrogen and oxygen atoms in total. The number of nitrogens with one attached hydrogen (secondary N) is 1. The molecule has 0 saturated heterocycles. The predicted octanol–water partition coefficient (Wildman–Crippen LogP) is 2.47. The monoisotopic (exact) mass is 261 g/mol. The summed E-state index contributed by atoms with van der Waals surface area (Å²) < 4.78 is 1.93. The van der Waals surface area contributed by atoms with E-state index in [2.05, 4.69) is 10.5 Å². The number of hydrogen-bond acceptors (Lipinski definition) is 3. The molecule has 2 aromatic rings. The number of thiophene rings is 1. The average Bonchev–Trinajstić information content (AvgIpc) is 2.88. The number of carbonyl (C=O) groups excluding carboxylic acids is 1. The van der Waals surface area contributed by atoms with Crippen LogP contribution in [-0.2, 0) is 7.05 Å². The van der Waals surface area contributed by atoms with Gasteiger partial charge in [0.2, 0.25) is 0 Å². The van der Waals surface area contributed by atoms with Gasteiger partial charge in [0.25, 0.3) is 5.91 Å². The zero-order valence-electron chi connectivity index (χ0n) is 10.6. The number of carbonyl (C=O) groups is 1. The lowest BCUT2D eigenvalue weighted by atomic mass is 10.2. The fourth-order valence-electron chi connectivity index (χ4n) is 1.56. The Kier molecular flexibility index (Phi) is 3.62. The highest BCUT2D eigenvalue weighted by Gasteiger charge is 2.11. The summed E-state index contributed by atoms with van der Waals surface area (Å²) in [5.74, 6) is -0.165. The first-order valence-corrected chi connectivity index (χ1v) is 6.47. The van der Waals surface area contributed by atoms with E-state index in [4.69, 9.17) is 0 Å². The van der Waals surface area contributed by atoms with Crippen LogP contribution >= 0.6 is 11.3 Å². The molecule has 0 bridgehead atoms. The van der Waals surface area contributed by atoms with Gasteiger partial charge in [-0.3, -0.25) is 4.79 Å². The van der Waals surface area contributed by atoms with Crippen molar-refractivity contribution >= 4 is 23.5 Å². The van der Waals surface area contributed by atoms with Crippen LogP contribution in [0.4, 0.5) is 0 Å². The molecule has 2 heterocycles. The molecule has 0 atom stereocenters. The number of nitrogens with zero attached hydrogens (tertiary/aromatic N) is 2. The molecule has 0 aliphatic carbocycles. The highest BCUT2D eigenvalue weighted by Crippen LogP contribution is 2.20. The molecule has 0 radical (unpaired) electrons. The van der Waals surface area contributed by atoms with Crippen molar-refractivity contribution in [3.05, 3.63) is 45.4 Å². The van der Waals surface area contributed by atoms with Gasteiger partial charge in [-0.15, -0.1) is 11.3 Å². The first-order valence-electron chi connectivity index (χ1n) is 5.59. The largest absolute Gasteiger partial charge is 0.350 e. The van der Waals surface area contributed by atoms with E-state index in [1.54, 1.807) is 17.6 Å². The van der Waals surface area contributed by atoms with Crippen LogP contribution in [-0.4, -0.2) is 16.7 Å². The van der Waals surface area contributed by atoms with Crippen LogP contribution in [0.1, 0.15) is 26.5 Å². The van der Waals surface area contributed by atoms with Crippen molar-refractivity contribution in [2.24, 2.45) is 12.1 Å². The van der Waals surface area contributed by atoms with Crippen LogP contribution in [0.5, 0.6) is 0 Å². The third-order valence-corrected chi connectivity index (χ3v) is 3.89. The summed E-state index contributed by atoms with van der Waals surface area (Å²) >= 11 is 1.58. The Morgan fingerprint density at radius 3 is 2.83 bits per heavy atom. The molecule has 1 N–H and O–H groups in total. The summed E-state index contributed by atoms with van der Waals surface area (Å²) in [6, 6.07) is 3.85. The Morgan fingerprint density at radius 2 is 2.28 bits per heavy atom. The van der Waals surface area contributed by atoms with Crippen molar-refractivity contribution in [3.8, 4) is 0 Å². The Labute approximate surface area is 110 Å². The zero-order valence-corrected chi connectivity index (χ0v) is 11.4. The second kappa shape index (κ2) is 5.18. The Balaban J connectivity index is 2.03. The second-order valence-corrected chi connectivity index (χ2v) is 5.16. The molecule has 0 fully saturated rings. The Morgan fingerprint density at radius 1 is 1.50 bits per heavy atom. The van der Waals surface area contributed by atoms with Gasteiger partial charge in [0, 0.05) is 23.5 Å². The van der Waals surface area contributed by atoms with E-state index in [0.29, 0.717) is 5.56 Å². The lowest BCUT2D eigenvalue weighted by Crippen LogP contribution is -2.18. The molecule has 0 aromatic carbocycles. The normalized spacial score (nSPS) is 11.1. The molecule has 0 saturated carbocycles. The quantitative estimate of drug-likeness (QED) is 0.669. The minimum absolute atomic E-state index is 0.165. The maximum absolute atomic E-state index is 11.9. The smallest absolute Gasteiger partial charge is 0.272 e. The molecule has 94 valence electrons. The van der Waals surface area contributed by atoms with Crippen LogP contribution in [0.25, 0.3) is 0 Å². The molecule has 1 amide bonds. The van der Waals surface area contributed by atoms with Gasteiger partial charge in [-0.1, -0.05) is 0 Å². The van der Waals surface area contributed by atoms with E-state index in [1.165, 1.54) is 0 Å². The SMILES string of the molecule is Cc1scc(C(=O)NN=Cc2cccn2C)c1C. The Hall–Kier alpha value is -1.88. The molecule has 0 spiro atoms. The van der Waals surface area contributed by atoms with E-state index >= 15 is 0 Å². The number of aromatic nitrogens is 1. The van der Waals surface area contributed by atoms with Gasteiger partial charge < -0.3 is 4.57 Å². The predicted molar refractivity (Wildman–Crippen MR) is 74.3 cm³/mol. The van der Waals surface area contributed by atoms with Crippen molar-refractivity contribution < 1.29 is 4.79 Å². The lowest BCUT2D eigenvalue weighted by molar-refractivity contribution is 0.0955. The van der Waals surface area contributed by atoms with Crippen molar-refractivity contribution in [2.45, 2.75) is 13.8 Å². The molecule has 18 heavy (non-hydrogen) atoms. The average molecular weight is 261 g/mol. The maximum Gasteiger partial charge on any atom is 0.272 e. The zero-order chi connectivity index (χ0) is 13.1. The Bertz CT molecular complexity index is 595. The number of hydrogen-bond donors (Lipinski definition) is 1. The summed E-state index contributed by atoms with van der Waals surface area (Å²) in [5, 5.41) is 5.82. The summed E-state index contributed by atoms with van der Waals surface area (Å²) in [6.45, 7) is 3.95. The first-order chi connectivity index (χ1) is 8.59. The van der Waals surface area contributed by atoms with E-state index < -0.39 is 0 Å². The highest BCUT2D eigenvalue weighted by molar-refractivity contribution is 7.10. The molecule has 0 aliphatic heterocycles. The van der Waals surface area contributed by atoms with Crippen molar-refractivity contribution in [3.63, 3.8) is 0 Å². The summed E-state index contributed by atoms with van der Waals surface area (Å²) in [5.41, 5.74) is 5.20. The molecular weight excluding hydrogens is 246 g/mol. The van der Waals surface area contributed by atoms with Gasteiger partial charge in [-0.05, 0) is 31.5 Å². The topological polar surface area (TPSA) is 46.4 Å². The summed E-state index contributed by atoms with van der Waals surface area (Å²) in [4.78, 5) is 13.0. The van der Waals surface area contributed by atoms with Crippen LogP contribution in [0.2, 0.25) is 0 Å². The summed E-state index contributed by atoms with van der Waals surface area (Å²) in [6.07, 6.45) is 3.56. The number of hydrazone groups is 1. The minimum Gasteiger partial charge on any atom is -0.350 e. The molecule has 2 rings (SSSR count). The molecule has 5 heteroatoms. The van der Waals surface area contributed by atoms with E-state index in [1.807, 2.05) is 49.2 Å². The van der Waals surface area contributed by atoms with Crippen LogP contribution in [0.3, 0.4) is 0 Å². The lowest BCUT2D eigenvalue weighted by Gasteiger charge is -1.99. The minimum atomic E-state index is -0.165. The summed E-state index contributed by atoms with van der Waals surface area (Å²) in [7, 11) is 1.93. The van der Waals surface area contributed by atoms with Gasteiger partial charge in [-0.2, -0.15) is 5.10 Å². The van der Waals surface area contributed by atoms with Gasteiger partial charge >= 0.3 is 0 Å². The van der Waals surface area contributed by atoms with E-state index in [0.717, 1.165) is 16.1 Å². The standard InChI is InChI=1S/C13H15N3OS/c1-9-10(2)18-8-12(9)13(17)15-14-7-11-5-4-6-16(11)3/h4-8H,1-3H3,(H,15,17). The van der Waals surface area contributed by atoms with Crippen molar-refractivity contribution in [1.82, 2.24) is 9.99 Å². The highest BCUT2D eigenvalue weighted by atomic mass is 32.1. The third-order valence-electron chi connectivity index (χ3n) is 2.88. The van der Waals surface area contributed by atoms with Crippen molar-refractivity contribution in [2.75, 3.05) is 0 Å². The fourth-order valence-corrected chi connectivity index (χ4v) is 2.43. The molecular formula is C13H15N3OS. The molecule has 0 unspecified atom stereocenters. The van der Waals surface area contributed by atoms with E-state index in [9.17, 15) is 4.79 Å². The molecule has 2 aromatic heterocycles. The first kappa shape index (κ1) is 12.6. The van der Waals surface area contributed by atoms with Gasteiger partial charge in [0.15, 0.2) is 0 Å². The van der Waals surface area contributed by atoms with Gasteiger partial charge in [-0.25, -0.2) is 5.43 Å². The van der Waals surface area contributed by atoms with Crippen LogP contribution < -0.4 is 5.43 Å². The van der Waals surface area contributed by atoms with Crippen molar-refractivity contribution in [1.29, 1.82) is 0 Å². The van der Waals surface area contributed by atoms with E-state index in [-0.39, 0.29) is 5.91 Å². The van der Waals surface area contributed by atoms with Crippen LogP contribution in [0.15, 0.2) is 28.8 Å². The number of amides is 1. The van der Waals surface area contributed by atoms with Crippen LogP contribution in [0, 0.1) is 13.8 Å². The third kappa shape index (κ3) is 2.51. The fraction of sp³-hybridized carbons (Fsp3) is 0.231. The number of rotatable bonds is 3. The molecule has 0 aliphatic rings. The van der Waals surface area contributed by atoms with Gasteiger partial charge in [0.1, 0.15) is 0 Å². The maximum atomic E-state index is 11.9. The van der Waals surface area contributed by atoms with Gasteiger partial charge in [0.05, 0.1) is 17.5 Å². The second-order valence-electron chi connectivity index (χ2n) is 4.07.